The van der Waals surface area contributed by atoms with E-state index < -0.39 is 0 Å². The van der Waals surface area contributed by atoms with Crippen LogP contribution < -0.4 is 15.4 Å². The van der Waals surface area contributed by atoms with Crippen LogP contribution in [0.3, 0.4) is 0 Å². The SMILES string of the molecule is COc1cccc(CN[C@H](C)C(=O)N[C@H]2CCCC[C@H]2C)c1. The van der Waals surface area contributed by atoms with E-state index >= 15 is 0 Å². The first-order valence-corrected chi connectivity index (χ1v) is 8.27. The van der Waals surface area contributed by atoms with Gasteiger partial charge in [0, 0.05) is 12.6 Å². The maximum Gasteiger partial charge on any atom is 0.237 e. The summed E-state index contributed by atoms with van der Waals surface area (Å²) in [6, 6.07) is 8.04. The molecule has 0 radical (unpaired) electrons. The second kappa shape index (κ2) is 8.18. The lowest BCUT2D eigenvalue weighted by Crippen LogP contribution is -2.48. The maximum atomic E-state index is 12.3. The Morgan fingerprint density at radius 1 is 1.36 bits per heavy atom. The van der Waals surface area contributed by atoms with Crippen molar-refractivity contribution in [2.24, 2.45) is 5.92 Å². The summed E-state index contributed by atoms with van der Waals surface area (Å²) >= 11 is 0. The fraction of sp³-hybridized carbons (Fsp3) is 0.611. The van der Waals surface area contributed by atoms with Crippen LogP contribution in [0.2, 0.25) is 0 Å². The minimum absolute atomic E-state index is 0.0987. The van der Waals surface area contributed by atoms with Crippen molar-refractivity contribution in [2.45, 2.75) is 58.2 Å². The van der Waals surface area contributed by atoms with Gasteiger partial charge < -0.3 is 15.4 Å². The van der Waals surface area contributed by atoms with Gasteiger partial charge in [-0.1, -0.05) is 31.9 Å². The first-order chi connectivity index (χ1) is 10.6. The molecular weight excluding hydrogens is 276 g/mol. The number of rotatable bonds is 6. The lowest BCUT2D eigenvalue weighted by atomic mass is 9.86. The van der Waals surface area contributed by atoms with E-state index in [1.165, 1.54) is 19.3 Å². The first-order valence-electron chi connectivity index (χ1n) is 8.27. The van der Waals surface area contributed by atoms with Crippen LogP contribution >= 0.6 is 0 Å². The third-order valence-corrected chi connectivity index (χ3v) is 4.58. The normalized spacial score (nSPS) is 22.9. The Labute approximate surface area is 133 Å². The molecule has 1 saturated carbocycles. The molecule has 0 heterocycles. The van der Waals surface area contributed by atoms with Gasteiger partial charge in [-0.05, 0) is 43.4 Å². The summed E-state index contributed by atoms with van der Waals surface area (Å²) in [6.45, 7) is 4.81. The van der Waals surface area contributed by atoms with E-state index in [1.807, 2.05) is 31.2 Å². The molecule has 0 saturated heterocycles. The van der Waals surface area contributed by atoms with Gasteiger partial charge in [0.2, 0.25) is 5.91 Å². The van der Waals surface area contributed by atoms with Crippen LogP contribution in [0.25, 0.3) is 0 Å². The lowest BCUT2D eigenvalue weighted by Gasteiger charge is -2.30. The molecule has 0 bridgehead atoms. The van der Waals surface area contributed by atoms with Gasteiger partial charge in [-0.3, -0.25) is 4.79 Å². The number of amides is 1. The third kappa shape index (κ3) is 4.73. The van der Waals surface area contributed by atoms with E-state index in [0.717, 1.165) is 17.7 Å². The molecule has 0 unspecified atom stereocenters. The summed E-state index contributed by atoms with van der Waals surface area (Å²) in [5.74, 6) is 1.53. The Kier molecular flexibility index (Phi) is 6.25. The standard InChI is InChI=1S/C18H28N2O2/c1-13-7-4-5-10-17(13)20-18(21)14(2)19-12-15-8-6-9-16(11-15)22-3/h6,8-9,11,13-14,17,19H,4-5,7,10,12H2,1-3H3,(H,20,21)/t13-,14-,17+/m1/s1. The zero-order valence-electron chi connectivity index (χ0n) is 13.9. The minimum Gasteiger partial charge on any atom is -0.497 e. The van der Waals surface area contributed by atoms with Crippen LogP contribution in [-0.4, -0.2) is 25.1 Å². The fourth-order valence-corrected chi connectivity index (χ4v) is 2.98. The molecule has 1 aliphatic rings. The van der Waals surface area contributed by atoms with E-state index in [9.17, 15) is 4.79 Å². The number of hydrogen-bond acceptors (Lipinski definition) is 3. The smallest absolute Gasteiger partial charge is 0.237 e. The third-order valence-electron chi connectivity index (χ3n) is 4.58. The van der Waals surface area contributed by atoms with Crippen LogP contribution in [-0.2, 0) is 11.3 Å². The highest BCUT2D eigenvalue weighted by molar-refractivity contribution is 5.81. The molecule has 22 heavy (non-hydrogen) atoms. The number of hydrogen-bond donors (Lipinski definition) is 2. The summed E-state index contributed by atoms with van der Waals surface area (Å²) in [5, 5.41) is 6.49. The van der Waals surface area contributed by atoms with Gasteiger partial charge in [-0.25, -0.2) is 0 Å². The molecule has 0 spiro atoms. The Hall–Kier alpha value is -1.55. The molecule has 1 aliphatic carbocycles. The van der Waals surface area contributed by atoms with E-state index in [0.29, 0.717) is 18.5 Å². The van der Waals surface area contributed by atoms with Gasteiger partial charge in [-0.15, -0.1) is 0 Å². The molecule has 1 amide bonds. The Bertz CT molecular complexity index is 490. The van der Waals surface area contributed by atoms with Gasteiger partial charge in [0.05, 0.1) is 13.2 Å². The number of methoxy groups -OCH3 is 1. The Morgan fingerprint density at radius 2 is 2.14 bits per heavy atom. The van der Waals surface area contributed by atoms with E-state index in [4.69, 9.17) is 4.74 Å². The van der Waals surface area contributed by atoms with Crippen LogP contribution in [0.4, 0.5) is 0 Å². The average molecular weight is 304 g/mol. The summed E-state index contributed by atoms with van der Waals surface area (Å²) < 4.78 is 5.21. The van der Waals surface area contributed by atoms with Crippen molar-refractivity contribution in [3.8, 4) is 5.75 Å². The summed E-state index contributed by atoms with van der Waals surface area (Å²) in [5.41, 5.74) is 1.12. The lowest BCUT2D eigenvalue weighted by molar-refractivity contribution is -0.124. The van der Waals surface area contributed by atoms with E-state index in [1.54, 1.807) is 7.11 Å². The first kappa shape index (κ1) is 16.8. The molecule has 1 fully saturated rings. The number of carbonyl (C=O) groups is 1. The van der Waals surface area contributed by atoms with Crippen molar-refractivity contribution in [2.75, 3.05) is 7.11 Å². The Morgan fingerprint density at radius 3 is 2.86 bits per heavy atom. The predicted octanol–water partition coefficient (Wildman–Crippen LogP) is 2.87. The van der Waals surface area contributed by atoms with Crippen LogP contribution in [0.5, 0.6) is 5.75 Å². The van der Waals surface area contributed by atoms with Crippen molar-refractivity contribution in [1.82, 2.24) is 10.6 Å². The van der Waals surface area contributed by atoms with Crippen LogP contribution in [0.1, 0.15) is 45.1 Å². The summed E-state index contributed by atoms with van der Waals surface area (Å²) in [4.78, 5) is 12.3. The monoisotopic (exact) mass is 304 g/mol. The molecule has 122 valence electrons. The van der Waals surface area contributed by atoms with Crippen molar-refractivity contribution >= 4 is 5.91 Å². The van der Waals surface area contributed by atoms with Gasteiger partial charge in [-0.2, -0.15) is 0 Å². The average Bonchev–Trinajstić information content (AvgIpc) is 2.54. The fourth-order valence-electron chi connectivity index (χ4n) is 2.98. The zero-order valence-corrected chi connectivity index (χ0v) is 13.9. The highest BCUT2D eigenvalue weighted by Gasteiger charge is 2.24. The molecule has 4 nitrogen and oxygen atoms in total. The molecule has 0 aliphatic heterocycles. The second-order valence-electron chi connectivity index (χ2n) is 6.33. The number of benzene rings is 1. The van der Waals surface area contributed by atoms with Crippen molar-refractivity contribution in [1.29, 1.82) is 0 Å². The van der Waals surface area contributed by atoms with E-state index in [-0.39, 0.29) is 11.9 Å². The number of nitrogens with one attached hydrogen (secondary N) is 2. The number of carbonyl (C=O) groups excluding carboxylic acids is 1. The molecule has 2 rings (SSSR count). The van der Waals surface area contributed by atoms with Crippen molar-refractivity contribution in [3.05, 3.63) is 29.8 Å². The van der Waals surface area contributed by atoms with Crippen molar-refractivity contribution < 1.29 is 9.53 Å². The van der Waals surface area contributed by atoms with Gasteiger partial charge in [0.15, 0.2) is 0 Å². The Balaban J connectivity index is 1.80. The van der Waals surface area contributed by atoms with Crippen LogP contribution in [0, 0.1) is 5.92 Å². The maximum absolute atomic E-state index is 12.3. The van der Waals surface area contributed by atoms with Crippen LogP contribution in [0.15, 0.2) is 24.3 Å². The molecule has 4 heteroatoms. The number of ether oxygens (including phenoxy) is 1. The topological polar surface area (TPSA) is 50.4 Å². The van der Waals surface area contributed by atoms with Gasteiger partial charge in [0.25, 0.3) is 0 Å². The van der Waals surface area contributed by atoms with E-state index in [2.05, 4.69) is 17.6 Å². The highest BCUT2D eigenvalue weighted by Crippen LogP contribution is 2.23. The molecule has 1 aromatic carbocycles. The summed E-state index contributed by atoms with van der Waals surface area (Å²) in [7, 11) is 1.66. The molecule has 0 aromatic heterocycles. The molecule has 1 aromatic rings. The summed E-state index contributed by atoms with van der Waals surface area (Å²) in [6.07, 6.45) is 4.84. The van der Waals surface area contributed by atoms with Gasteiger partial charge in [0.1, 0.15) is 5.75 Å². The predicted molar refractivity (Wildman–Crippen MR) is 88.9 cm³/mol. The highest BCUT2D eigenvalue weighted by atomic mass is 16.5. The minimum atomic E-state index is -0.194. The van der Waals surface area contributed by atoms with Gasteiger partial charge >= 0.3 is 0 Å². The molecule has 2 N–H and O–H groups in total. The molecular formula is C18H28N2O2. The molecule has 3 atom stereocenters. The largest absolute Gasteiger partial charge is 0.497 e. The quantitative estimate of drug-likeness (QED) is 0.849. The zero-order chi connectivity index (χ0) is 15.9. The van der Waals surface area contributed by atoms with Crippen molar-refractivity contribution in [3.63, 3.8) is 0 Å². The second-order valence-corrected chi connectivity index (χ2v) is 6.33.